The molecule has 2 aromatic carbocycles. The first-order valence-electron chi connectivity index (χ1n) is 9.36. The van der Waals surface area contributed by atoms with Crippen molar-refractivity contribution >= 4 is 37.0 Å². The Balaban J connectivity index is 1.53. The number of ether oxygens (including phenoxy) is 1. The Bertz CT molecular complexity index is 1060. The summed E-state index contributed by atoms with van der Waals surface area (Å²) in [7, 11) is -3.62. The molecule has 4 rings (SSSR count). The maximum absolute atomic E-state index is 13.2. The van der Waals surface area contributed by atoms with E-state index in [0.717, 1.165) is 29.7 Å². The average molecular weight is 464 g/mol. The maximum atomic E-state index is 13.2. The van der Waals surface area contributed by atoms with Crippen LogP contribution in [0.15, 0.2) is 51.8 Å². The maximum Gasteiger partial charge on any atom is 0.246 e. The number of benzene rings is 2. The molecule has 8 heteroatoms. The fourth-order valence-corrected chi connectivity index (χ4v) is 5.77. The zero-order chi connectivity index (χ0) is 19.7. The highest BCUT2D eigenvalue weighted by atomic mass is 79.9. The smallest absolute Gasteiger partial charge is 0.246 e. The third-order valence-electron chi connectivity index (χ3n) is 5.07. The Morgan fingerprint density at radius 2 is 1.96 bits per heavy atom. The fraction of sp³-hybridized carbons (Fsp3) is 0.350. The van der Waals surface area contributed by atoms with Crippen LogP contribution in [0.3, 0.4) is 0 Å². The molecular weight excluding hydrogens is 442 g/mol. The van der Waals surface area contributed by atoms with E-state index in [1.165, 1.54) is 0 Å². The van der Waals surface area contributed by atoms with E-state index in [0.29, 0.717) is 29.9 Å². The lowest BCUT2D eigenvalue weighted by Gasteiger charge is -2.30. The van der Waals surface area contributed by atoms with Gasteiger partial charge in [-0.1, -0.05) is 28.1 Å². The van der Waals surface area contributed by atoms with Crippen LogP contribution in [-0.4, -0.2) is 42.4 Å². The number of fused-ring (bicyclic) bond motifs is 1. The van der Waals surface area contributed by atoms with Gasteiger partial charge >= 0.3 is 0 Å². The van der Waals surface area contributed by atoms with Crippen LogP contribution in [0.4, 0.5) is 0 Å². The summed E-state index contributed by atoms with van der Waals surface area (Å²) in [4.78, 5) is 8.27. The second-order valence-corrected chi connectivity index (χ2v) is 9.66. The van der Waals surface area contributed by atoms with E-state index >= 15 is 0 Å². The standard InChI is InChI=1S/C20H22BrN3O3S/c1-2-27-18-8-7-15(21)13-19(18)28(25,26)24-11-9-14(10-12-24)20-22-16-5-3-4-6-17(16)23-20/h3-8,13-14H,2,9-12H2,1H3,(H,22,23). The fourth-order valence-electron chi connectivity index (χ4n) is 3.63. The summed E-state index contributed by atoms with van der Waals surface area (Å²) in [6, 6.07) is 13.0. The van der Waals surface area contributed by atoms with Crippen LogP contribution in [-0.2, 0) is 10.0 Å². The average Bonchev–Trinajstić information content (AvgIpc) is 3.14. The van der Waals surface area contributed by atoms with Crippen LogP contribution in [0.2, 0.25) is 0 Å². The Kier molecular flexibility index (Phi) is 5.44. The number of hydrogen-bond acceptors (Lipinski definition) is 4. The molecule has 3 aromatic rings. The molecule has 0 bridgehead atoms. The van der Waals surface area contributed by atoms with Gasteiger partial charge in [0.1, 0.15) is 16.5 Å². The molecule has 1 N–H and O–H groups in total. The van der Waals surface area contributed by atoms with Crippen molar-refractivity contribution in [3.05, 3.63) is 52.8 Å². The number of H-pyrrole nitrogens is 1. The first kappa shape index (κ1) is 19.4. The monoisotopic (exact) mass is 463 g/mol. The largest absolute Gasteiger partial charge is 0.492 e. The number of sulfonamides is 1. The van der Waals surface area contributed by atoms with Crippen LogP contribution in [0.25, 0.3) is 11.0 Å². The molecule has 1 aliphatic rings. The molecule has 0 spiro atoms. The summed E-state index contributed by atoms with van der Waals surface area (Å²) >= 11 is 3.37. The van der Waals surface area contributed by atoms with Crippen molar-refractivity contribution < 1.29 is 13.2 Å². The van der Waals surface area contributed by atoms with Crippen molar-refractivity contribution in [2.75, 3.05) is 19.7 Å². The van der Waals surface area contributed by atoms with Crippen LogP contribution in [0, 0.1) is 0 Å². The molecule has 0 saturated carbocycles. The number of halogens is 1. The summed E-state index contributed by atoms with van der Waals surface area (Å²) in [6.45, 7) is 3.18. The van der Waals surface area contributed by atoms with E-state index in [1.54, 1.807) is 22.5 Å². The van der Waals surface area contributed by atoms with Gasteiger partial charge in [0.25, 0.3) is 0 Å². The van der Waals surface area contributed by atoms with Crippen molar-refractivity contribution in [2.24, 2.45) is 0 Å². The van der Waals surface area contributed by atoms with Gasteiger partial charge in [0.05, 0.1) is 17.6 Å². The highest BCUT2D eigenvalue weighted by Gasteiger charge is 2.33. The second-order valence-electron chi connectivity index (χ2n) is 6.84. The zero-order valence-corrected chi connectivity index (χ0v) is 18.0. The number of nitrogens with zero attached hydrogens (tertiary/aromatic N) is 2. The number of imidazole rings is 1. The van der Waals surface area contributed by atoms with Crippen LogP contribution in [0.5, 0.6) is 5.75 Å². The van der Waals surface area contributed by atoms with Gasteiger partial charge in [-0.05, 0) is 50.1 Å². The minimum absolute atomic E-state index is 0.214. The van der Waals surface area contributed by atoms with E-state index in [1.807, 2.05) is 31.2 Å². The van der Waals surface area contributed by atoms with Gasteiger partial charge < -0.3 is 9.72 Å². The van der Waals surface area contributed by atoms with Crippen LogP contribution < -0.4 is 4.74 Å². The minimum Gasteiger partial charge on any atom is -0.492 e. The van der Waals surface area contributed by atoms with Crippen molar-refractivity contribution in [3.8, 4) is 5.75 Å². The number of aromatic amines is 1. The highest BCUT2D eigenvalue weighted by Crippen LogP contribution is 2.34. The number of rotatable bonds is 5. The van der Waals surface area contributed by atoms with Crippen molar-refractivity contribution in [1.82, 2.24) is 14.3 Å². The SMILES string of the molecule is CCOc1ccc(Br)cc1S(=O)(=O)N1CCC(c2nc3ccccc3[nH]2)CC1. The number of para-hydroxylation sites is 2. The summed E-state index contributed by atoms with van der Waals surface area (Å²) in [5.41, 5.74) is 1.96. The lowest BCUT2D eigenvalue weighted by atomic mass is 9.97. The molecule has 0 aliphatic carbocycles. The Labute approximate surface area is 173 Å². The summed E-state index contributed by atoms with van der Waals surface area (Å²) in [5.74, 6) is 1.56. The Morgan fingerprint density at radius 1 is 1.21 bits per heavy atom. The summed E-state index contributed by atoms with van der Waals surface area (Å²) < 4.78 is 34.3. The third kappa shape index (κ3) is 3.68. The Morgan fingerprint density at radius 3 is 2.68 bits per heavy atom. The van der Waals surface area contributed by atoms with Gasteiger partial charge in [-0.25, -0.2) is 13.4 Å². The first-order valence-corrected chi connectivity index (χ1v) is 11.6. The molecular formula is C20H22BrN3O3S. The quantitative estimate of drug-likeness (QED) is 0.611. The van der Waals surface area contributed by atoms with Gasteiger partial charge in [-0.3, -0.25) is 0 Å². The molecule has 0 radical (unpaired) electrons. The van der Waals surface area contributed by atoms with Crippen molar-refractivity contribution in [1.29, 1.82) is 0 Å². The molecule has 2 heterocycles. The minimum atomic E-state index is -3.62. The van der Waals surface area contributed by atoms with Crippen molar-refractivity contribution in [3.63, 3.8) is 0 Å². The van der Waals surface area contributed by atoms with E-state index in [-0.39, 0.29) is 10.8 Å². The normalized spacial score (nSPS) is 16.5. The molecule has 1 saturated heterocycles. The van der Waals surface area contributed by atoms with E-state index < -0.39 is 10.0 Å². The zero-order valence-electron chi connectivity index (χ0n) is 15.6. The second kappa shape index (κ2) is 7.85. The van der Waals surface area contributed by atoms with Crippen molar-refractivity contribution in [2.45, 2.75) is 30.6 Å². The first-order chi connectivity index (χ1) is 13.5. The molecule has 6 nitrogen and oxygen atoms in total. The number of nitrogens with one attached hydrogen (secondary N) is 1. The molecule has 148 valence electrons. The molecule has 0 unspecified atom stereocenters. The van der Waals surface area contributed by atoms with E-state index in [4.69, 9.17) is 4.74 Å². The number of aromatic nitrogens is 2. The third-order valence-corrected chi connectivity index (χ3v) is 7.48. The predicted octanol–water partition coefficient (Wildman–Crippen LogP) is 4.29. The van der Waals surface area contributed by atoms with Gasteiger partial charge in [0.2, 0.25) is 10.0 Å². The van der Waals surface area contributed by atoms with Crippen LogP contribution in [0.1, 0.15) is 31.5 Å². The lowest BCUT2D eigenvalue weighted by Crippen LogP contribution is -2.38. The lowest BCUT2D eigenvalue weighted by molar-refractivity contribution is 0.307. The topological polar surface area (TPSA) is 75.3 Å². The van der Waals surface area contributed by atoms with Gasteiger partial charge in [-0.2, -0.15) is 4.31 Å². The van der Waals surface area contributed by atoms with Gasteiger partial charge in [0, 0.05) is 23.5 Å². The number of hydrogen-bond donors (Lipinski definition) is 1. The molecule has 28 heavy (non-hydrogen) atoms. The molecule has 0 amide bonds. The molecule has 1 fully saturated rings. The van der Waals surface area contributed by atoms with E-state index in [2.05, 4.69) is 25.9 Å². The number of piperidine rings is 1. The van der Waals surface area contributed by atoms with Crippen LogP contribution >= 0.6 is 15.9 Å². The Hall–Kier alpha value is -1.90. The van der Waals surface area contributed by atoms with Gasteiger partial charge in [0.15, 0.2) is 0 Å². The van der Waals surface area contributed by atoms with Gasteiger partial charge in [-0.15, -0.1) is 0 Å². The summed E-state index contributed by atoms with van der Waals surface area (Å²) in [6.07, 6.45) is 1.47. The molecule has 1 aromatic heterocycles. The highest BCUT2D eigenvalue weighted by molar-refractivity contribution is 9.10. The molecule has 0 atom stereocenters. The van der Waals surface area contributed by atoms with E-state index in [9.17, 15) is 8.42 Å². The summed E-state index contributed by atoms with van der Waals surface area (Å²) in [5, 5.41) is 0. The molecule has 1 aliphatic heterocycles. The predicted molar refractivity (Wildman–Crippen MR) is 112 cm³/mol.